The molecule has 2 aromatic rings. The number of nitrogens with zero attached hydrogens (tertiary/aromatic N) is 2. The molecule has 0 bridgehead atoms. The van der Waals surface area contributed by atoms with E-state index in [1.165, 1.54) is 0 Å². The molecule has 0 radical (unpaired) electrons. The van der Waals surface area contributed by atoms with Gasteiger partial charge in [0.15, 0.2) is 0 Å². The molecule has 1 aromatic heterocycles. The predicted molar refractivity (Wildman–Crippen MR) is 109 cm³/mol. The van der Waals surface area contributed by atoms with Crippen LogP contribution < -0.4 is 5.32 Å². The molecule has 4 heteroatoms. The van der Waals surface area contributed by atoms with Gasteiger partial charge < -0.3 is 10.2 Å². The fourth-order valence-corrected chi connectivity index (χ4v) is 4.03. The van der Waals surface area contributed by atoms with Gasteiger partial charge in [-0.15, -0.1) is 0 Å². The lowest BCUT2D eigenvalue weighted by molar-refractivity contribution is -0.129. The summed E-state index contributed by atoms with van der Waals surface area (Å²) in [7, 11) is 2.13. The zero-order valence-electron chi connectivity index (χ0n) is 16.7. The maximum atomic E-state index is 13.6. The molecule has 1 aliphatic heterocycles. The number of amides is 1. The number of hydrogen-bond donors (Lipinski definition) is 1. The fourth-order valence-electron chi connectivity index (χ4n) is 4.03. The number of pyridine rings is 1. The number of hydrogen-bond acceptors (Lipinski definition) is 3. The Bertz CT molecular complexity index is 722. The Kier molecular flexibility index (Phi) is 6.27. The van der Waals surface area contributed by atoms with E-state index in [1.54, 1.807) is 6.20 Å². The highest BCUT2D eigenvalue weighted by atomic mass is 16.2. The van der Waals surface area contributed by atoms with Crippen LogP contribution in [0.15, 0.2) is 54.9 Å². The smallest absolute Gasteiger partial charge is 0.231 e. The van der Waals surface area contributed by atoms with E-state index in [-0.39, 0.29) is 11.9 Å². The number of piperidine rings is 1. The van der Waals surface area contributed by atoms with Crippen molar-refractivity contribution in [1.29, 1.82) is 0 Å². The zero-order valence-corrected chi connectivity index (χ0v) is 16.7. The maximum absolute atomic E-state index is 13.6. The molecule has 2 heterocycles. The van der Waals surface area contributed by atoms with Crippen LogP contribution in [0.1, 0.15) is 50.3 Å². The summed E-state index contributed by atoms with van der Waals surface area (Å²) >= 11 is 0. The molecule has 1 atom stereocenters. The molecular weight excluding hydrogens is 334 g/mol. The third-order valence-electron chi connectivity index (χ3n) is 5.70. The van der Waals surface area contributed by atoms with E-state index >= 15 is 0 Å². The van der Waals surface area contributed by atoms with Gasteiger partial charge in [0.05, 0.1) is 11.5 Å². The Morgan fingerprint density at radius 2 is 1.85 bits per heavy atom. The topological polar surface area (TPSA) is 45.2 Å². The van der Waals surface area contributed by atoms with Crippen LogP contribution in [0, 0.1) is 5.92 Å². The number of nitrogens with one attached hydrogen (secondary N) is 1. The minimum Gasteiger partial charge on any atom is -0.348 e. The Morgan fingerprint density at radius 1 is 1.15 bits per heavy atom. The molecule has 27 heavy (non-hydrogen) atoms. The van der Waals surface area contributed by atoms with Crippen LogP contribution in [-0.2, 0) is 10.2 Å². The first-order valence-corrected chi connectivity index (χ1v) is 9.96. The molecule has 0 spiro atoms. The lowest BCUT2D eigenvalue weighted by atomic mass is 9.71. The average molecular weight is 366 g/mol. The highest BCUT2D eigenvalue weighted by Crippen LogP contribution is 2.36. The standard InChI is InChI=1S/C23H31N3O/c1-18(2)16-21(19-8-7-13-24-17-19)25-22(27)23(11-14-26(3)15-12-23)20-9-5-4-6-10-20/h4-10,13,17-18,21H,11-12,14-16H2,1-3H3,(H,25,27). The first-order chi connectivity index (χ1) is 13.0. The first kappa shape index (κ1) is 19.6. The van der Waals surface area contributed by atoms with E-state index in [1.807, 2.05) is 30.5 Å². The molecule has 3 rings (SSSR count). The molecule has 4 nitrogen and oxygen atoms in total. The second-order valence-electron chi connectivity index (χ2n) is 8.19. The number of benzene rings is 1. The lowest BCUT2D eigenvalue weighted by Crippen LogP contribution is -2.51. The Balaban J connectivity index is 1.89. The monoisotopic (exact) mass is 365 g/mol. The summed E-state index contributed by atoms with van der Waals surface area (Å²) in [6, 6.07) is 14.3. The van der Waals surface area contributed by atoms with Gasteiger partial charge >= 0.3 is 0 Å². The lowest BCUT2D eigenvalue weighted by Gasteiger charge is -2.40. The van der Waals surface area contributed by atoms with Crippen molar-refractivity contribution in [3.63, 3.8) is 0 Å². The Morgan fingerprint density at radius 3 is 2.44 bits per heavy atom. The van der Waals surface area contributed by atoms with Gasteiger partial charge in [-0.25, -0.2) is 0 Å². The Labute approximate surface area is 163 Å². The highest BCUT2D eigenvalue weighted by Gasteiger charge is 2.43. The van der Waals surface area contributed by atoms with Gasteiger partial charge in [-0.05, 0) is 62.5 Å². The minimum absolute atomic E-state index is 0.00792. The molecule has 0 aliphatic carbocycles. The summed E-state index contributed by atoms with van der Waals surface area (Å²) in [6.45, 7) is 6.25. The summed E-state index contributed by atoms with van der Waals surface area (Å²) in [6.07, 6.45) is 6.25. The van der Waals surface area contributed by atoms with Gasteiger partial charge in [0.1, 0.15) is 0 Å². The number of aromatic nitrogens is 1. The van der Waals surface area contributed by atoms with Gasteiger partial charge in [-0.1, -0.05) is 50.2 Å². The summed E-state index contributed by atoms with van der Waals surface area (Å²) < 4.78 is 0. The zero-order chi connectivity index (χ0) is 19.3. The first-order valence-electron chi connectivity index (χ1n) is 9.96. The van der Waals surface area contributed by atoms with Gasteiger partial charge in [0.25, 0.3) is 0 Å². The normalized spacial score (nSPS) is 18.2. The molecule has 0 saturated carbocycles. The van der Waals surface area contributed by atoms with Gasteiger partial charge in [-0.2, -0.15) is 0 Å². The average Bonchev–Trinajstić information content (AvgIpc) is 2.69. The number of likely N-dealkylation sites (tertiary alicyclic amines) is 1. The third kappa shape index (κ3) is 4.56. The van der Waals surface area contributed by atoms with E-state index in [2.05, 4.69) is 54.3 Å². The third-order valence-corrected chi connectivity index (χ3v) is 5.70. The molecule has 1 fully saturated rings. The molecule has 1 unspecified atom stereocenters. The summed E-state index contributed by atoms with van der Waals surface area (Å²) in [4.78, 5) is 20.2. The van der Waals surface area contributed by atoms with Crippen molar-refractivity contribution in [3.8, 4) is 0 Å². The van der Waals surface area contributed by atoms with Crippen LogP contribution in [0.5, 0.6) is 0 Å². The largest absolute Gasteiger partial charge is 0.348 e. The minimum atomic E-state index is -0.453. The summed E-state index contributed by atoms with van der Waals surface area (Å²) in [5.41, 5.74) is 1.76. The van der Waals surface area contributed by atoms with Crippen molar-refractivity contribution < 1.29 is 4.79 Å². The van der Waals surface area contributed by atoms with Crippen molar-refractivity contribution in [2.45, 2.75) is 44.6 Å². The van der Waals surface area contributed by atoms with E-state index in [0.717, 1.165) is 43.5 Å². The van der Waals surface area contributed by atoms with E-state index in [0.29, 0.717) is 5.92 Å². The fraction of sp³-hybridized carbons (Fsp3) is 0.478. The second kappa shape index (κ2) is 8.66. The SMILES string of the molecule is CC(C)CC(NC(=O)C1(c2ccccc2)CCN(C)CC1)c1cccnc1. The molecule has 1 aliphatic rings. The molecule has 1 amide bonds. The van der Waals surface area contributed by atoms with Crippen molar-refractivity contribution in [2.24, 2.45) is 5.92 Å². The summed E-state index contributed by atoms with van der Waals surface area (Å²) in [5, 5.41) is 3.39. The maximum Gasteiger partial charge on any atom is 0.231 e. The van der Waals surface area contributed by atoms with Crippen LogP contribution >= 0.6 is 0 Å². The number of carbonyl (C=O) groups is 1. The summed E-state index contributed by atoms with van der Waals surface area (Å²) in [5.74, 6) is 0.636. The van der Waals surface area contributed by atoms with Crippen LogP contribution in [-0.4, -0.2) is 35.9 Å². The van der Waals surface area contributed by atoms with Gasteiger partial charge in [0.2, 0.25) is 5.91 Å². The van der Waals surface area contributed by atoms with Crippen LogP contribution in [0.3, 0.4) is 0 Å². The Hall–Kier alpha value is -2.20. The van der Waals surface area contributed by atoms with Crippen molar-refractivity contribution >= 4 is 5.91 Å². The molecular formula is C23H31N3O. The van der Waals surface area contributed by atoms with E-state index in [4.69, 9.17) is 0 Å². The van der Waals surface area contributed by atoms with Gasteiger partial charge in [0, 0.05) is 12.4 Å². The number of carbonyl (C=O) groups excluding carboxylic acids is 1. The quantitative estimate of drug-likeness (QED) is 0.843. The number of rotatable bonds is 6. The molecule has 144 valence electrons. The van der Waals surface area contributed by atoms with Gasteiger partial charge in [-0.3, -0.25) is 9.78 Å². The van der Waals surface area contributed by atoms with Crippen molar-refractivity contribution in [2.75, 3.05) is 20.1 Å². The van der Waals surface area contributed by atoms with E-state index < -0.39 is 5.41 Å². The van der Waals surface area contributed by atoms with Crippen molar-refractivity contribution in [1.82, 2.24) is 15.2 Å². The van der Waals surface area contributed by atoms with E-state index in [9.17, 15) is 4.79 Å². The molecule has 1 N–H and O–H groups in total. The van der Waals surface area contributed by atoms with Crippen LogP contribution in [0.2, 0.25) is 0 Å². The second-order valence-corrected chi connectivity index (χ2v) is 8.19. The molecule has 1 aromatic carbocycles. The van der Waals surface area contributed by atoms with Crippen LogP contribution in [0.4, 0.5) is 0 Å². The molecule has 1 saturated heterocycles. The van der Waals surface area contributed by atoms with Crippen LogP contribution in [0.25, 0.3) is 0 Å². The van der Waals surface area contributed by atoms with Crippen molar-refractivity contribution in [3.05, 3.63) is 66.0 Å². The highest BCUT2D eigenvalue weighted by molar-refractivity contribution is 5.88. The predicted octanol–water partition coefficient (Wildman–Crippen LogP) is 3.95.